The van der Waals surface area contributed by atoms with Crippen LogP contribution in [0.4, 0.5) is 5.69 Å². The van der Waals surface area contributed by atoms with Gasteiger partial charge in [0.05, 0.1) is 29.1 Å². The van der Waals surface area contributed by atoms with Gasteiger partial charge >= 0.3 is 0 Å². The summed E-state index contributed by atoms with van der Waals surface area (Å²) in [6.45, 7) is 3.48. The average Bonchev–Trinajstić information content (AvgIpc) is 3.08. The first kappa shape index (κ1) is 21.5. The number of amides is 1. The minimum atomic E-state index is -3.58. The summed E-state index contributed by atoms with van der Waals surface area (Å²) in [4.78, 5) is 17.2. The molecule has 1 aliphatic heterocycles. The summed E-state index contributed by atoms with van der Waals surface area (Å²) >= 11 is 0. The zero-order valence-electron chi connectivity index (χ0n) is 17.7. The molecule has 2 heterocycles. The lowest BCUT2D eigenvalue weighted by atomic mass is 10.2. The molecule has 0 radical (unpaired) electrons. The number of hydrogen-bond acceptors (Lipinski definition) is 5. The molecular formula is C22H26N4O4S. The maximum absolute atomic E-state index is 12.9. The van der Waals surface area contributed by atoms with E-state index in [1.807, 2.05) is 42.8 Å². The van der Waals surface area contributed by atoms with Crippen molar-refractivity contribution in [2.45, 2.75) is 24.7 Å². The Hall–Kier alpha value is -2.75. The first-order chi connectivity index (χ1) is 14.8. The van der Waals surface area contributed by atoms with Gasteiger partial charge in [0.2, 0.25) is 15.9 Å². The quantitative estimate of drug-likeness (QED) is 0.633. The molecule has 2 aromatic carbocycles. The number of benzene rings is 2. The Balaban J connectivity index is 1.49. The van der Waals surface area contributed by atoms with Gasteiger partial charge in [-0.3, -0.25) is 4.79 Å². The van der Waals surface area contributed by atoms with Crippen LogP contribution in [0.25, 0.3) is 11.0 Å². The fraction of sp³-hybridized carbons (Fsp3) is 0.364. The van der Waals surface area contributed by atoms with Crippen molar-refractivity contribution in [3.8, 4) is 0 Å². The lowest BCUT2D eigenvalue weighted by Crippen LogP contribution is -2.40. The van der Waals surface area contributed by atoms with Gasteiger partial charge in [-0.1, -0.05) is 12.1 Å². The number of morpholine rings is 1. The van der Waals surface area contributed by atoms with E-state index in [0.29, 0.717) is 38.2 Å². The van der Waals surface area contributed by atoms with Crippen molar-refractivity contribution in [1.29, 1.82) is 0 Å². The normalized spacial score (nSPS) is 15.3. The predicted octanol–water partition coefficient (Wildman–Crippen LogP) is 2.47. The molecule has 1 N–H and O–H groups in total. The fourth-order valence-corrected chi connectivity index (χ4v) is 5.15. The standard InChI is InChI=1S/C22H26N4O4S/c1-16-4-3-5-17(14-16)23-22(27)9-8-21-24-19-15-18(6-7-20(19)25(21)2)31(28,29)26-10-12-30-13-11-26/h3-7,14-15H,8-13H2,1-2H3,(H,23,27). The van der Waals surface area contributed by atoms with Gasteiger partial charge in [-0.05, 0) is 42.8 Å². The summed E-state index contributed by atoms with van der Waals surface area (Å²) in [7, 11) is -1.71. The number of sulfonamides is 1. The van der Waals surface area contributed by atoms with E-state index in [-0.39, 0.29) is 17.2 Å². The van der Waals surface area contributed by atoms with Gasteiger partial charge in [-0.15, -0.1) is 0 Å². The Morgan fingerprint density at radius 3 is 2.68 bits per heavy atom. The largest absolute Gasteiger partial charge is 0.379 e. The van der Waals surface area contributed by atoms with E-state index in [2.05, 4.69) is 10.3 Å². The van der Waals surface area contributed by atoms with E-state index >= 15 is 0 Å². The number of anilines is 1. The Morgan fingerprint density at radius 1 is 1.16 bits per heavy atom. The highest BCUT2D eigenvalue weighted by Crippen LogP contribution is 2.23. The molecule has 1 aliphatic rings. The van der Waals surface area contributed by atoms with Crippen molar-refractivity contribution in [3.05, 3.63) is 53.9 Å². The number of rotatable bonds is 6. The molecule has 164 valence electrons. The van der Waals surface area contributed by atoms with E-state index < -0.39 is 10.0 Å². The zero-order valence-corrected chi connectivity index (χ0v) is 18.5. The Kier molecular flexibility index (Phi) is 6.08. The van der Waals surface area contributed by atoms with Gasteiger partial charge in [0.25, 0.3) is 0 Å². The molecule has 1 aromatic heterocycles. The topological polar surface area (TPSA) is 93.5 Å². The van der Waals surface area contributed by atoms with Crippen LogP contribution in [-0.4, -0.2) is 54.5 Å². The molecule has 0 saturated carbocycles. The van der Waals surface area contributed by atoms with Gasteiger partial charge in [0.1, 0.15) is 5.82 Å². The molecule has 0 unspecified atom stereocenters. The summed E-state index contributed by atoms with van der Waals surface area (Å²) in [5.74, 6) is 0.642. The highest BCUT2D eigenvalue weighted by Gasteiger charge is 2.27. The molecule has 0 atom stereocenters. The molecule has 3 aromatic rings. The Labute approximate surface area is 181 Å². The molecule has 0 aliphatic carbocycles. The predicted molar refractivity (Wildman–Crippen MR) is 118 cm³/mol. The van der Waals surface area contributed by atoms with E-state index in [1.165, 1.54) is 4.31 Å². The zero-order chi connectivity index (χ0) is 22.0. The van der Waals surface area contributed by atoms with Crippen LogP contribution in [-0.2, 0) is 33.0 Å². The number of carbonyl (C=O) groups is 1. The van der Waals surface area contributed by atoms with E-state index in [9.17, 15) is 13.2 Å². The second-order valence-corrected chi connectivity index (χ2v) is 9.61. The van der Waals surface area contributed by atoms with Crippen LogP contribution >= 0.6 is 0 Å². The monoisotopic (exact) mass is 442 g/mol. The van der Waals surface area contributed by atoms with Crippen molar-refractivity contribution >= 4 is 32.7 Å². The summed E-state index contributed by atoms with van der Waals surface area (Å²) in [5.41, 5.74) is 3.28. The van der Waals surface area contributed by atoms with Gasteiger partial charge in [-0.25, -0.2) is 13.4 Å². The third kappa shape index (κ3) is 4.63. The van der Waals surface area contributed by atoms with Crippen LogP contribution in [0.1, 0.15) is 17.8 Å². The van der Waals surface area contributed by atoms with Crippen LogP contribution < -0.4 is 5.32 Å². The van der Waals surface area contributed by atoms with Crippen molar-refractivity contribution in [3.63, 3.8) is 0 Å². The van der Waals surface area contributed by atoms with Crippen molar-refractivity contribution in [1.82, 2.24) is 13.9 Å². The smallest absolute Gasteiger partial charge is 0.243 e. The number of aryl methyl sites for hydroxylation is 3. The molecule has 0 spiro atoms. The third-order valence-electron chi connectivity index (χ3n) is 5.43. The molecule has 31 heavy (non-hydrogen) atoms. The Bertz CT molecular complexity index is 1210. The number of aromatic nitrogens is 2. The molecular weight excluding hydrogens is 416 g/mol. The molecule has 1 saturated heterocycles. The number of imidazole rings is 1. The van der Waals surface area contributed by atoms with Crippen LogP contribution in [0.15, 0.2) is 47.4 Å². The minimum Gasteiger partial charge on any atom is -0.379 e. The second-order valence-electron chi connectivity index (χ2n) is 7.67. The third-order valence-corrected chi connectivity index (χ3v) is 7.32. The van der Waals surface area contributed by atoms with Gasteiger partial charge < -0.3 is 14.6 Å². The second kappa shape index (κ2) is 8.78. The lowest BCUT2D eigenvalue weighted by molar-refractivity contribution is -0.116. The van der Waals surface area contributed by atoms with E-state index in [0.717, 1.165) is 22.6 Å². The SMILES string of the molecule is Cc1cccc(NC(=O)CCc2nc3cc(S(=O)(=O)N4CCOCC4)ccc3n2C)c1. The number of ether oxygens (including phenoxy) is 1. The van der Waals surface area contributed by atoms with Crippen molar-refractivity contribution < 1.29 is 17.9 Å². The number of fused-ring (bicyclic) bond motifs is 1. The summed E-state index contributed by atoms with van der Waals surface area (Å²) in [6.07, 6.45) is 0.735. The molecule has 1 amide bonds. The molecule has 9 heteroatoms. The number of nitrogens with one attached hydrogen (secondary N) is 1. The lowest BCUT2D eigenvalue weighted by Gasteiger charge is -2.26. The molecule has 8 nitrogen and oxygen atoms in total. The Morgan fingerprint density at radius 2 is 1.94 bits per heavy atom. The molecule has 1 fully saturated rings. The first-order valence-corrected chi connectivity index (χ1v) is 11.7. The first-order valence-electron chi connectivity index (χ1n) is 10.2. The molecule has 0 bridgehead atoms. The average molecular weight is 443 g/mol. The van der Waals surface area contributed by atoms with Gasteiger partial charge in [0, 0.05) is 38.7 Å². The minimum absolute atomic E-state index is 0.0896. The number of nitrogens with zero attached hydrogens (tertiary/aromatic N) is 3. The molecule has 4 rings (SSSR count). The van der Waals surface area contributed by atoms with E-state index in [1.54, 1.807) is 18.2 Å². The van der Waals surface area contributed by atoms with Crippen molar-refractivity contribution in [2.24, 2.45) is 7.05 Å². The number of carbonyl (C=O) groups excluding carboxylic acids is 1. The van der Waals surface area contributed by atoms with Crippen molar-refractivity contribution in [2.75, 3.05) is 31.6 Å². The summed E-state index contributed by atoms with van der Waals surface area (Å²) in [5, 5.41) is 2.90. The van der Waals surface area contributed by atoms with Crippen LogP contribution in [0.5, 0.6) is 0 Å². The summed E-state index contributed by atoms with van der Waals surface area (Å²) in [6, 6.07) is 12.6. The van der Waals surface area contributed by atoms with E-state index in [4.69, 9.17) is 4.74 Å². The highest BCUT2D eigenvalue weighted by molar-refractivity contribution is 7.89. The van der Waals surface area contributed by atoms with Crippen LogP contribution in [0.2, 0.25) is 0 Å². The fourth-order valence-electron chi connectivity index (χ4n) is 3.72. The van der Waals surface area contributed by atoms with Gasteiger partial charge in [0.15, 0.2) is 0 Å². The maximum Gasteiger partial charge on any atom is 0.243 e. The van der Waals surface area contributed by atoms with Crippen LogP contribution in [0.3, 0.4) is 0 Å². The highest BCUT2D eigenvalue weighted by atomic mass is 32.2. The van der Waals surface area contributed by atoms with Gasteiger partial charge in [-0.2, -0.15) is 4.31 Å². The number of hydrogen-bond donors (Lipinski definition) is 1. The maximum atomic E-state index is 12.9. The summed E-state index contributed by atoms with van der Waals surface area (Å²) < 4.78 is 34.4. The van der Waals surface area contributed by atoms with Crippen LogP contribution in [0, 0.1) is 6.92 Å².